The lowest BCUT2D eigenvalue weighted by Gasteiger charge is -2.30. The molecule has 0 amide bonds. The Morgan fingerprint density at radius 1 is 1.57 bits per heavy atom. The number of hydrogen-bond donors (Lipinski definition) is 1. The molecule has 1 saturated heterocycles. The Balaban J connectivity index is 1.84. The second kappa shape index (κ2) is 7.20. The van der Waals surface area contributed by atoms with E-state index in [9.17, 15) is 10.1 Å². The molecule has 0 radical (unpaired) electrons. The molecule has 0 bridgehead atoms. The van der Waals surface area contributed by atoms with Gasteiger partial charge in [-0.25, -0.2) is 4.98 Å². The molecule has 0 unspecified atom stereocenters. The number of nitriles is 1. The van der Waals surface area contributed by atoms with Gasteiger partial charge < -0.3 is 5.32 Å². The van der Waals surface area contributed by atoms with Crippen molar-refractivity contribution in [2.45, 2.75) is 12.8 Å². The molecule has 8 heteroatoms. The molecule has 1 N–H and O–H groups in total. The van der Waals surface area contributed by atoms with Gasteiger partial charge in [0.05, 0.1) is 22.6 Å². The summed E-state index contributed by atoms with van der Waals surface area (Å²) in [7, 11) is 0. The third-order valence-electron chi connectivity index (χ3n) is 3.60. The van der Waals surface area contributed by atoms with Gasteiger partial charge in [0.2, 0.25) is 0 Å². The molecule has 0 atom stereocenters. The number of hydrogen-bond acceptors (Lipinski definition) is 6. The topological polar surface area (TPSA) is 95.1 Å². The van der Waals surface area contributed by atoms with Crippen LogP contribution in [0.25, 0.3) is 0 Å². The lowest BCUT2D eigenvalue weighted by Crippen LogP contribution is -2.36. The molecule has 0 spiro atoms. The number of anilines is 1. The van der Waals surface area contributed by atoms with Crippen LogP contribution >= 0.6 is 11.6 Å². The third-order valence-corrected chi connectivity index (χ3v) is 3.89. The Kier molecular flexibility index (Phi) is 5.31. The quantitative estimate of drug-likeness (QED) is 0.509. The zero-order chi connectivity index (χ0) is 15.2. The van der Waals surface area contributed by atoms with Crippen molar-refractivity contribution in [3.8, 4) is 6.07 Å². The molecule has 1 aliphatic rings. The predicted molar refractivity (Wildman–Crippen MR) is 79.2 cm³/mol. The minimum Gasteiger partial charge on any atom is -0.369 e. The number of nitrogens with zero attached hydrogens (tertiary/aromatic N) is 4. The third kappa shape index (κ3) is 4.28. The maximum absolute atomic E-state index is 10.6. The monoisotopic (exact) mass is 309 g/mol. The first kappa shape index (κ1) is 15.5. The number of piperidine rings is 1. The SMILES string of the molecule is N#CCN1CCC(CNc2ncc([N+](=O)[O-])cc2Cl)CC1. The smallest absolute Gasteiger partial charge is 0.289 e. The van der Waals surface area contributed by atoms with Gasteiger partial charge in [0.15, 0.2) is 0 Å². The first-order valence-corrected chi connectivity index (χ1v) is 7.11. The average molecular weight is 310 g/mol. The fourth-order valence-electron chi connectivity index (χ4n) is 2.35. The van der Waals surface area contributed by atoms with Crippen LogP contribution in [0.5, 0.6) is 0 Å². The number of halogens is 1. The van der Waals surface area contributed by atoms with E-state index in [1.807, 2.05) is 0 Å². The van der Waals surface area contributed by atoms with Crippen molar-refractivity contribution in [1.29, 1.82) is 5.26 Å². The lowest BCUT2D eigenvalue weighted by atomic mass is 9.97. The number of pyridine rings is 1. The first-order valence-electron chi connectivity index (χ1n) is 6.73. The highest BCUT2D eigenvalue weighted by molar-refractivity contribution is 6.33. The van der Waals surface area contributed by atoms with Crippen molar-refractivity contribution in [2.75, 3.05) is 31.5 Å². The van der Waals surface area contributed by atoms with Crippen LogP contribution in [-0.4, -0.2) is 41.0 Å². The van der Waals surface area contributed by atoms with Gasteiger partial charge in [-0.3, -0.25) is 15.0 Å². The van der Waals surface area contributed by atoms with Crippen LogP contribution in [-0.2, 0) is 0 Å². The van der Waals surface area contributed by atoms with Gasteiger partial charge in [-0.15, -0.1) is 0 Å². The van der Waals surface area contributed by atoms with Gasteiger partial charge in [-0.2, -0.15) is 5.26 Å². The fourth-order valence-corrected chi connectivity index (χ4v) is 2.57. The molecule has 1 aliphatic heterocycles. The van der Waals surface area contributed by atoms with E-state index in [2.05, 4.69) is 21.3 Å². The van der Waals surface area contributed by atoms with Gasteiger partial charge >= 0.3 is 0 Å². The molecule has 21 heavy (non-hydrogen) atoms. The second-order valence-electron chi connectivity index (χ2n) is 5.04. The average Bonchev–Trinajstić information content (AvgIpc) is 2.47. The van der Waals surface area contributed by atoms with Crippen LogP contribution in [0, 0.1) is 27.4 Å². The zero-order valence-electron chi connectivity index (χ0n) is 11.5. The van der Waals surface area contributed by atoms with Crippen LogP contribution in [0.3, 0.4) is 0 Å². The van der Waals surface area contributed by atoms with Gasteiger partial charge in [-0.1, -0.05) is 11.6 Å². The summed E-state index contributed by atoms with van der Waals surface area (Å²) in [4.78, 5) is 16.2. The summed E-state index contributed by atoms with van der Waals surface area (Å²) in [5.41, 5.74) is -0.115. The van der Waals surface area contributed by atoms with E-state index in [1.54, 1.807) is 0 Å². The number of rotatable bonds is 5. The first-order chi connectivity index (χ1) is 10.1. The molecule has 0 saturated carbocycles. The molecule has 7 nitrogen and oxygen atoms in total. The van der Waals surface area contributed by atoms with Gasteiger partial charge in [-0.05, 0) is 31.8 Å². The van der Waals surface area contributed by atoms with Crippen molar-refractivity contribution in [1.82, 2.24) is 9.88 Å². The molecular formula is C13H16ClN5O2. The van der Waals surface area contributed by atoms with Crippen molar-refractivity contribution >= 4 is 23.1 Å². The van der Waals surface area contributed by atoms with Gasteiger partial charge in [0, 0.05) is 12.6 Å². The molecule has 1 aromatic heterocycles. The van der Waals surface area contributed by atoms with Gasteiger partial charge in [0.25, 0.3) is 5.69 Å². The lowest BCUT2D eigenvalue weighted by molar-refractivity contribution is -0.385. The number of nitro groups is 1. The van der Waals surface area contributed by atoms with E-state index in [0.29, 0.717) is 18.3 Å². The Morgan fingerprint density at radius 2 is 2.29 bits per heavy atom. The highest BCUT2D eigenvalue weighted by Crippen LogP contribution is 2.25. The van der Waals surface area contributed by atoms with Crippen molar-refractivity contribution in [3.05, 3.63) is 27.4 Å². The van der Waals surface area contributed by atoms with Crippen molar-refractivity contribution < 1.29 is 4.92 Å². The molecule has 1 fully saturated rings. The molecule has 2 heterocycles. The van der Waals surface area contributed by atoms with Crippen LogP contribution in [0.15, 0.2) is 12.3 Å². The van der Waals surface area contributed by atoms with Crippen molar-refractivity contribution in [3.63, 3.8) is 0 Å². The second-order valence-corrected chi connectivity index (χ2v) is 5.45. The summed E-state index contributed by atoms with van der Waals surface area (Å²) in [5.74, 6) is 0.967. The van der Waals surface area contributed by atoms with E-state index >= 15 is 0 Å². The number of likely N-dealkylation sites (tertiary alicyclic amines) is 1. The summed E-state index contributed by atoms with van der Waals surface area (Å²) in [6, 6.07) is 3.46. The molecular weight excluding hydrogens is 294 g/mol. The van der Waals surface area contributed by atoms with Crippen LogP contribution in [0.2, 0.25) is 5.02 Å². The van der Waals surface area contributed by atoms with E-state index in [1.165, 1.54) is 12.3 Å². The van der Waals surface area contributed by atoms with Crippen LogP contribution in [0.4, 0.5) is 11.5 Å². The fraction of sp³-hybridized carbons (Fsp3) is 0.538. The molecule has 0 aromatic carbocycles. The maximum atomic E-state index is 10.6. The van der Waals surface area contributed by atoms with E-state index in [-0.39, 0.29) is 10.7 Å². The van der Waals surface area contributed by atoms with Crippen LogP contribution in [0.1, 0.15) is 12.8 Å². The summed E-state index contributed by atoms with van der Waals surface area (Å²) < 4.78 is 0. The number of nitrogens with one attached hydrogen (secondary N) is 1. The standard InChI is InChI=1S/C13H16ClN5O2/c14-12-7-11(19(20)21)9-17-13(12)16-8-10-1-4-18(5-2-10)6-3-15/h7,9-10H,1-2,4-6,8H2,(H,16,17). The summed E-state index contributed by atoms with van der Waals surface area (Å²) in [5, 5.41) is 22.7. The van der Waals surface area contributed by atoms with Gasteiger partial charge in [0.1, 0.15) is 12.0 Å². The Hall–Kier alpha value is -1.91. The van der Waals surface area contributed by atoms with E-state index in [0.717, 1.165) is 32.5 Å². The molecule has 112 valence electrons. The zero-order valence-corrected chi connectivity index (χ0v) is 12.2. The summed E-state index contributed by atoms with van der Waals surface area (Å²) in [6.45, 7) is 3.05. The number of aromatic nitrogens is 1. The Morgan fingerprint density at radius 3 is 2.86 bits per heavy atom. The summed E-state index contributed by atoms with van der Waals surface area (Å²) in [6.07, 6.45) is 3.22. The highest BCUT2D eigenvalue weighted by atomic mass is 35.5. The van der Waals surface area contributed by atoms with E-state index < -0.39 is 4.92 Å². The Bertz CT molecular complexity index is 552. The maximum Gasteiger partial charge on any atom is 0.289 e. The predicted octanol–water partition coefficient (Wildman–Crippen LogP) is 2.29. The van der Waals surface area contributed by atoms with Crippen molar-refractivity contribution in [2.24, 2.45) is 5.92 Å². The molecule has 2 rings (SSSR count). The molecule has 0 aliphatic carbocycles. The molecule has 1 aromatic rings. The minimum atomic E-state index is -0.520. The Labute approximate surface area is 127 Å². The summed E-state index contributed by atoms with van der Waals surface area (Å²) >= 11 is 5.98. The normalized spacial score (nSPS) is 16.4. The van der Waals surface area contributed by atoms with Crippen LogP contribution < -0.4 is 5.32 Å². The largest absolute Gasteiger partial charge is 0.369 e. The van der Waals surface area contributed by atoms with E-state index in [4.69, 9.17) is 16.9 Å². The minimum absolute atomic E-state index is 0.115. The highest BCUT2D eigenvalue weighted by Gasteiger charge is 2.19.